The third-order valence-electron chi connectivity index (χ3n) is 3.87. The number of ketones is 1. The van der Waals surface area contributed by atoms with Crippen LogP contribution in [0.3, 0.4) is 0 Å². The van der Waals surface area contributed by atoms with Gasteiger partial charge in [0.25, 0.3) is 5.69 Å². The molecule has 0 saturated heterocycles. The lowest BCUT2D eigenvalue weighted by atomic mass is 10.0. The fourth-order valence-corrected chi connectivity index (χ4v) is 2.98. The number of hydrogen-bond acceptors (Lipinski definition) is 3. The highest BCUT2D eigenvalue weighted by Crippen LogP contribution is 2.23. The molecule has 0 aromatic heterocycles. The molecule has 0 spiro atoms. The van der Waals surface area contributed by atoms with E-state index in [9.17, 15) is 14.9 Å². The number of halogens is 1. The van der Waals surface area contributed by atoms with Crippen LogP contribution in [0.15, 0.2) is 83.3 Å². The predicted octanol–water partition coefficient (Wildman–Crippen LogP) is 5.88. The van der Waals surface area contributed by atoms with E-state index in [0.717, 1.165) is 11.1 Å². The van der Waals surface area contributed by atoms with E-state index in [1.165, 1.54) is 12.1 Å². The molecule has 0 amide bonds. The standard InChI is InChI=1S/C21H14BrNO3/c22-20(14-15-6-12-19(13-7-15)23(25)26)21(24)18-10-8-17(9-11-18)16-4-2-1-3-5-16/h1-14H/b20-14-. The highest BCUT2D eigenvalue weighted by Gasteiger charge is 2.11. The average molecular weight is 408 g/mol. The molecule has 0 fully saturated rings. The third-order valence-corrected chi connectivity index (χ3v) is 4.46. The summed E-state index contributed by atoms with van der Waals surface area (Å²) in [6.45, 7) is 0. The number of carbonyl (C=O) groups is 1. The zero-order valence-corrected chi connectivity index (χ0v) is 15.2. The maximum atomic E-state index is 12.5. The molecule has 26 heavy (non-hydrogen) atoms. The van der Waals surface area contributed by atoms with E-state index < -0.39 is 4.92 Å². The summed E-state index contributed by atoms with van der Waals surface area (Å²) in [4.78, 5) is 22.8. The maximum absolute atomic E-state index is 12.5. The van der Waals surface area contributed by atoms with Gasteiger partial charge in [0.2, 0.25) is 0 Å². The molecule has 0 N–H and O–H groups in total. The largest absolute Gasteiger partial charge is 0.288 e. The molecule has 0 saturated carbocycles. The van der Waals surface area contributed by atoms with Gasteiger partial charge in [-0.25, -0.2) is 0 Å². The van der Waals surface area contributed by atoms with Crippen molar-refractivity contribution in [1.82, 2.24) is 0 Å². The molecule has 3 aromatic rings. The molecular formula is C21H14BrNO3. The summed E-state index contributed by atoms with van der Waals surface area (Å²) < 4.78 is 0.388. The van der Waals surface area contributed by atoms with Crippen LogP contribution in [0.2, 0.25) is 0 Å². The second-order valence-corrected chi connectivity index (χ2v) is 6.47. The summed E-state index contributed by atoms with van der Waals surface area (Å²) in [5, 5.41) is 10.7. The predicted molar refractivity (Wildman–Crippen MR) is 106 cm³/mol. The molecule has 128 valence electrons. The Morgan fingerprint density at radius 1 is 0.846 bits per heavy atom. The molecule has 3 aromatic carbocycles. The number of benzene rings is 3. The molecule has 0 radical (unpaired) electrons. The minimum absolute atomic E-state index is 0.0149. The second kappa shape index (κ2) is 7.89. The van der Waals surface area contributed by atoms with Crippen LogP contribution in [0.25, 0.3) is 17.2 Å². The third kappa shape index (κ3) is 4.13. The Bertz CT molecular complexity index is 962. The van der Waals surface area contributed by atoms with Gasteiger partial charge in [-0.2, -0.15) is 0 Å². The normalized spacial score (nSPS) is 11.2. The Morgan fingerprint density at radius 3 is 2.00 bits per heavy atom. The monoisotopic (exact) mass is 407 g/mol. The van der Waals surface area contributed by atoms with Crippen LogP contribution in [-0.4, -0.2) is 10.7 Å². The lowest BCUT2D eigenvalue weighted by molar-refractivity contribution is -0.384. The van der Waals surface area contributed by atoms with Crippen LogP contribution in [0.1, 0.15) is 15.9 Å². The summed E-state index contributed by atoms with van der Waals surface area (Å²) >= 11 is 3.31. The minimum Gasteiger partial charge on any atom is -0.288 e. The Hall–Kier alpha value is -3.05. The summed E-state index contributed by atoms with van der Waals surface area (Å²) in [6, 6.07) is 23.3. The van der Waals surface area contributed by atoms with E-state index in [2.05, 4.69) is 15.9 Å². The van der Waals surface area contributed by atoms with Crippen LogP contribution < -0.4 is 0 Å². The van der Waals surface area contributed by atoms with Gasteiger partial charge in [-0.05, 0) is 50.8 Å². The van der Waals surface area contributed by atoms with Crippen LogP contribution in [-0.2, 0) is 0 Å². The van der Waals surface area contributed by atoms with Crippen molar-refractivity contribution in [1.29, 1.82) is 0 Å². The van der Waals surface area contributed by atoms with Crippen molar-refractivity contribution in [3.8, 4) is 11.1 Å². The van der Waals surface area contributed by atoms with Crippen molar-refractivity contribution >= 4 is 33.5 Å². The SMILES string of the molecule is O=C(/C(Br)=C/c1ccc([N+](=O)[O-])cc1)c1ccc(-c2ccccc2)cc1. The molecule has 4 nitrogen and oxygen atoms in total. The summed E-state index contributed by atoms with van der Waals surface area (Å²) in [5.41, 5.74) is 3.41. The fraction of sp³-hybridized carbons (Fsp3) is 0. The number of Topliss-reactive ketones (excluding diaryl/α,β-unsaturated/α-hetero) is 1. The van der Waals surface area contributed by atoms with Crippen molar-refractivity contribution in [3.05, 3.63) is 105 Å². The van der Waals surface area contributed by atoms with Gasteiger partial charge in [-0.3, -0.25) is 14.9 Å². The number of nitrogens with zero attached hydrogens (tertiary/aromatic N) is 1. The Labute approximate surface area is 159 Å². The van der Waals surface area contributed by atoms with E-state index >= 15 is 0 Å². The highest BCUT2D eigenvalue weighted by atomic mass is 79.9. The summed E-state index contributed by atoms with van der Waals surface area (Å²) in [5.74, 6) is -0.150. The minimum atomic E-state index is -0.456. The summed E-state index contributed by atoms with van der Waals surface area (Å²) in [7, 11) is 0. The van der Waals surface area contributed by atoms with E-state index in [-0.39, 0.29) is 11.5 Å². The molecular weight excluding hydrogens is 394 g/mol. The summed E-state index contributed by atoms with van der Waals surface area (Å²) in [6.07, 6.45) is 1.65. The highest BCUT2D eigenvalue weighted by molar-refractivity contribution is 9.12. The van der Waals surface area contributed by atoms with Crippen LogP contribution in [0.5, 0.6) is 0 Å². The first-order valence-corrected chi connectivity index (χ1v) is 8.66. The van der Waals surface area contributed by atoms with Crippen LogP contribution >= 0.6 is 15.9 Å². The van der Waals surface area contributed by atoms with Crippen molar-refractivity contribution in [2.45, 2.75) is 0 Å². The van der Waals surface area contributed by atoms with Crippen LogP contribution in [0.4, 0.5) is 5.69 Å². The lowest BCUT2D eigenvalue weighted by Crippen LogP contribution is -1.98. The van der Waals surface area contributed by atoms with E-state index in [1.54, 1.807) is 30.3 Å². The number of carbonyl (C=O) groups excluding carboxylic acids is 1. The molecule has 0 aliphatic rings. The molecule has 5 heteroatoms. The first-order chi connectivity index (χ1) is 12.5. The molecule has 0 aliphatic carbocycles. The molecule has 0 aliphatic heterocycles. The van der Waals surface area contributed by atoms with Gasteiger partial charge in [0, 0.05) is 17.7 Å². The van der Waals surface area contributed by atoms with Gasteiger partial charge in [0.1, 0.15) is 0 Å². The zero-order chi connectivity index (χ0) is 18.5. The average Bonchev–Trinajstić information content (AvgIpc) is 2.68. The maximum Gasteiger partial charge on any atom is 0.269 e. The lowest BCUT2D eigenvalue weighted by Gasteiger charge is -2.04. The van der Waals surface area contributed by atoms with Gasteiger partial charge in [0.05, 0.1) is 9.41 Å². The molecule has 0 atom stereocenters. The van der Waals surface area contributed by atoms with E-state index in [4.69, 9.17) is 0 Å². The smallest absolute Gasteiger partial charge is 0.269 e. The zero-order valence-electron chi connectivity index (χ0n) is 13.6. The van der Waals surface area contributed by atoms with E-state index in [1.807, 2.05) is 42.5 Å². The van der Waals surface area contributed by atoms with Crippen molar-refractivity contribution in [3.63, 3.8) is 0 Å². The number of allylic oxidation sites excluding steroid dienone is 1. The van der Waals surface area contributed by atoms with Gasteiger partial charge in [-0.1, -0.05) is 54.6 Å². The first kappa shape index (κ1) is 17.8. The Morgan fingerprint density at radius 2 is 1.42 bits per heavy atom. The number of non-ortho nitro benzene ring substituents is 1. The van der Waals surface area contributed by atoms with Gasteiger partial charge < -0.3 is 0 Å². The van der Waals surface area contributed by atoms with Crippen molar-refractivity contribution in [2.75, 3.05) is 0 Å². The Kier molecular flexibility index (Phi) is 5.39. The Balaban J connectivity index is 1.78. The first-order valence-electron chi connectivity index (χ1n) is 7.86. The van der Waals surface area contributed by atoms with Gasteiger partial charge in [0.15, 0.2) is 5.78 Å². The number of hydrogen-bond donors (Lipinski definition) is 0. The molecule has 3 rings (SSSR count). The van der Waals surface area contributed by atoms with E-state index in [0.29, 0.717) is 15.6 Å². The second-order valence-electron chi connectivity index (χ2n) is 5.61. The van der Waals surface area contributed by atoms with Gasteiger partial charge >= 0.3 is 0 Å². The molecule has 0 heterocycles. The van der Waals surface area contributed by atoms with Crippen LogP contribution in [0, 0.1) is 10.1 Å². The molecule has 0 bridgehead atoms. The van der Waals surface area contributed by atoms with Crippen molar-refractivity contribution < 1.29 is 9.72 Å². The number of nitro groups is 1. The number of rotatable bonds is 5. The van der Waals surface area contributed by atoms with Gasteiger partial charge in [-0.15, -0.1) is 0 Å². The van der Waals surface area contributed by atoms with Crippen molar-refractivity contribution in [2.24, 2.45) is 0 Å². The fourth-order valence-electron chi connectivity index (χ4n) is 2.49. The molecule has 0 unspecified atom stereocenters. The topological polar surface area (TPSA) is 60.2 Å². The quantitative estimate of drug-likeness (QED) is 0.229. The number of nitro benzene ring substituents is 1.